The number of aliphatic hydroxyl groups excluding tert-OH is 1. The molecule has 0 saturated heterocycles. The van der Waals surface area contributed by atoms with E-state index < -0.39 is 66.4 Å². The Morgan fingerprint density at radius 2 is 1.37 bits per heavy atom. The standard InChI is InChI=1S/C18H32N4O8/c1-8(2)7-12(18(29)30)22-15(26)9(3)20-16(27)11(5-6-13(24)25)21-17(28)14(19)10(4)23/h8-12,14,23H,5-7,19H2,1-4H3,(H,20,27)(H,21,28)(H,22,26)(H,24,25)(H,29,30). The summed E-state index contributed by atoms with van der Waals surface area (Å²) < 4.78 is 0. The molecular weight excluding hydrogens is 400 g/mol. The maximum absolute atomic E-state index is 12.5. The topological polar surface area (TPSA) is 208 Å². The van der Waals surface area contributed by atoms with Gasteiger partial charge in [0.1, 0.15) is 24.2 Å². The molecule has 0 aliphatic heterocycles. The number of rotatable bonds is 13. The van der Waals surface area contributed by atoms with Gasteiger partial charge >= 0.3 is 11.9 Å². The third kappa shape index (κ3) is 10.2. The van der Waals surface area contributed by atoms with E-state index in [4.69, 9.17) is 10.8 Å². The van der Waals surface area contributed by atoms with Gasteiger partial charge in [0.05, 0.1) is 6.10 Å². The summed E-state index contributed by atoms with van der Waals surface area (Å²) in [6.07, 6.45) is -1.74. The predicted molar refractivity (Wildman–Crippen MR) is 105 cm³/mol. The van der Waals surface area contributed by atoms with E-state index in [2.05, 4.69) is 16.0 Å². The summed E-state index contributed by atoms with van der Waals surface area (Å²) in [6.45, 7) is 6.18. The van der Waals surface area contributed by atoms with Gasteiger partial charge in [0.15, 0.2) is 0 Å². The Labute approximate surface area is 174 Å². The largest absolute Gasteiger partial charge is 0.481 e. The summed E-state index contributed by atoms with van der Waals surface area (Å²) >= 11 is 0. The molecule has 12 heteroatoms. The molecule has 0 saturated carbocycles. The zero-order valence-corrected chi connectivity index (χ0v) is 17.5. The van der Waals surface area contributed by atoms with Crippen LogP contribution in [0.25, 0.3) is 0 Å². The molecule has 0 aromatic rings. The van der Waals surface area contributed by atoms with Crippen LogP contribution in [0.15, 0.2) is 0 Å². The molecule has 172 valence electrons. The number of carboxylic acids is 2. The van der Waals surface area contributed by atoms with Crippen molar-refractivity contribution in [2.75, 3.05) is 0 Å². The van der Waals surface area contributed by atoms with E-state index in [1.165, 1.54) is 13.8 Å². The normalized spacial score (nSPS) is 16.0. The summed E-state index contributed by atoms with van der Waals surface area (Å²) in [5, 5.41) is 34.3. The van der Waals surface area contributed by atoms with Crippen LogP contribution in [0.1, 0.15) is 47.0 Å². The van der Waals surface area contributed by atoms with Gasteiger partial charge in [-0.2, -0.15) is 0 Å². The van der Waals surface area contributed by atoms with Crippen LogP contribution in [0, 0.1) is 5.92 Å². The summed E-state index contributed by atoms with van der Waals surface area (Å²) in [7, 11) is 0. The highest BCUT2D eigenvalue weighted by molar-refractivity contribution is 5.94. The third-order valence-electron chi connectivity index (χ3n) is 4.18. The molecule has 12 nitrogen and oxygen atoms in total. The first-order valence-electron chi connectivity index (χ1n) is 9.55. The molecule has 0 radical (unpaired) electrons. The lowest BCUT2D eigenvalue weighted by Gasteiger charge is -2.24. The Bertz CT molecular complexity index is 638. The molecule has 0 aliphatic carbocycles. The lowest BCUT2D eigenvalue weighted by Crippen LogP contribution is -2.57. The number of nitrogens with one attached hydrogen (secondary N) is 3. The van der Waals surface area contributed by atoms with Gasteiger partial charge in [-0.15, -0.1) is 0 Å². The van der Waals surface area contributed by atoms with Crippen LogP contribution in [0.3, 0.4) is 0 Å². The van der Waals surface area contributed by atoms with E-state index in [0.717, 1.165) is 0 Å². The first-order chi connectivity index (χ1) is 13.8. The molecule has 0 aromatic heterocycles. The Morgan fingerprint density at radius 1 is 0.833 bits per heavy atom. The molecule has 0 spiro atoms. The second-order valence-electron chi connectivity index (χ2n) is 7.52. The van der Waals surface area contributed by atoms with Gasteiger partial charge in [-0.25, -0.2) is 4.79 Å². The number of carbonyl (C=O) groups excluding carboxylic acids is 3. The zero-order valence-electron chi connectivity index (χ0n) is 17.5. The van der Waals surface area contributed by atoms with Gasteiger partial charge < -0.3 is 37.0 Å². The first kappa shape index (κ1) is 27.3. The second kappa shape index (κ2) is 12.8. The third-order valence-corrected chi connectivity index (χ3v) is 4.18. The molecule has 0 aromatic carbocycles. The van der Waals surface area contributed by atoms with Crippen molar-refractivity contribution in [3.8, 4) is 0 Å². The average Bonchev–Trinajstić information content (AvgIpc) is 2.62. The highest BCUT2D eigenvalue weighted by atomic mass is 16.4. The monoisotopic (exact) mass is 432 g/mol. The molecule has 30 heavy (non-hydrogen) atoms. The van der Waals surface area contributed by atoms with Crippen LogP contribution < -0.4 is 21.7 Å². The van der Waals surface area contributed by atoms with Crippen LogP contribution >= 0.6 is 0 Å². The Kier molecular flexibility index (Phi) is 11.6. The number of hydrogen-bond acceptors (Lipinski definition) is 7. The number of amides is 3. The maximum Gasteiger partial charge on any atom is 0.326 e. The quantitative estimate of drug-likeness (QED) is 0.174. The van der Waals surface area contributed by atoms with Gasteiger partial charge in [0.25, 0.3) is 0 Å². The summed E-state index contributed by atoms with van der Waals surface area (Å²) in [5.41, 5.74) is 5.51. The van der Waals surface area contributed by atoms with E-state index in [9.17, 15) is 34.2 Å². The van der Waals surface area contributed by atoms with Crippen molar-refractivity contribution < 1.29 is 39.3 Å². The molecule has 0 bridgehead atoms. The minimum absolute atomic E-state index is 0.00466. The van der Waals surface area contributed by atoms with Gasteiger partial charge in [-0.1, -0.05) is 13.8 Å². The van der Waals surface area contributed by atoms with Crippen molar-refractivity contribution in [3.63, 3.8) is 0 Å². The second-order valence-corrected chi connectivity index (χ2v) is 7.52. The summed E-state index contributed by atoms with van der Waals surface area (Å²) in [6, 6.07) is -4.94. The SMILES string of the molecule is CC(C)CC(NC(=O)C(C)NC(=O)C(CCC(=O)O)NC(=O)C(N)C(C)O)C(=O)O. The predicted octanol–water partition coefficient (Wildman–Crippen LogP) is -1.84. The number of carboxylic acid groups (broad SMARTS) is 2. The van der Waals surface area contributed by atoms with Gasteiger partial charge in [-0.05, 0) is 32.6 Å². The number of nitrogens with two attached hydrogens (primary N) is 1. The summed E-state index contributed by atoms with van der Waals surface area (Å²) in [4.78, 5) is 58.9. The Hall–Kier alpha value is -2.73. The van der Waals surface area contributed by atoms with Crippen molar-refractivity contribution in [1.29, 1.82) is 0 Å². The minimum atomic E-state index is -1.33. The van der Waals surface area contributed by atoms with Gasteiger partial charge in [-0.3, -0.25) is 19.2 Å². The lowest BCUT2D eigenvalue weighted by molar-refractivity contribution is -0.142. The minimum Gasteiger partial charge on any atom is -0.481 e. The highest BCUT2D eigenvalue weighted by Crippen LogP contribution is 2.06. The van der Waals surface area contributed by atoms with Gasteiger partial charge in [0, 0.05) is 6.42 Å². The van der Waals surface area contributed by atoms with Crippen molar-refractivity contribution in [2.45, 2.75) is 77.2 Å². The molecule has 0 aliphatic rings. The Morgan fingerprint density at radius 3 is 1.80 bits per heavy atom. The molecule has 0 fully saturated rings. The molecule has 5 atom stereocenters. The van der Waals surface area contributed by atoms with Crippen LogP contribution in [0.4, 0.5) is 0 Å². The summed E-state index contributed by atoms with van der Waals surface area (Å²) in [5.74, 6) is -4.87. The number of aliphatic hydroxyl groups is 1. The number of aliphatic carboxylic acids is 2. The van der Waals surface area contributed by atoms with E-state index >= 15 is 0 Å². The van der Waals surface area contributed by atoms with Crippen LogP contribution in [0.5, 0.6) is 0 Å². The van der Waals surface area contributed by atoms with E-state index in [1.54, 1.807) is 13.8 Å². The molecule has 0 rings (SSSR count). The fourth-order valence-electron chi connectivity index (χ4n) is 2.39. The van der Waals surface area contributed by atoms with Crippen molar-refractivity contribution in [1.82, 2.24) is 16.0 Å². The van der Waals surface area contributed by atoms with Crippen LogP contribution in [-0.4, -0.2) is 75.3 Å². The molecule has 3 amide bonds. The van der Waals surface area contributed by atoms with Crippen LogP contribution in [0.2, 0.25) is 0 Å². The molecule has 5 unspecified atom stereocenters. The van der Waals surface area contributed by atoms with Crippen LogP contribution in [-0.2, 0) is 24.0 Å². The molecule has 8 N–H and O–H groups in total. The van der Waals surface area contributed by atoms with Crippen molar-refractivity contribution >= 4 is 29.7 Å². The van der Waals surface area contributed by atoms with Gasteiger partial charge in [0.2, 0.25) is 17.7 Å². The Balaban J connectivity index is 5.13. The van der Waals surface area contributed by atoms with E-state index in [1.807, 2.05) is 0 Å². The fraction of sp³-hybridized carbons (Fsp3) is 0.722. The lowest BCUT2D eigenvalue weighted by atomic mass is 10.0. The fourth-order valence-corrected chi connectivity index (χ4v) is 2.39. The maximum atomic E-state index is 12.5. The highest BCUT2D eigenvalue weighted by Gasteiger charge is 2.29. The van der Waals surface area contributed by atoms with E-state index in [0.29, 0.717) is 0 Å². The number of hydrogen-bond donors (Lipinski definition) is 7. The van der Waals surface area contributed by atoms with Crippen molar-refractivity contribution in [2.24, 2.45) is 11.7 Å². The van der Waals surface area contributed by atoms with Crippen molar-refractivity contribution in [3.05, 3.63) is 0 Å². The van der Waals surface area contributed by atoms with E-state index in [-0.39, 0.29) is 18.8 Å². The first-order valence-corrected chi connectivity index (χ1v) is 9.55. The average molecular weight is 432 g/mol. The molecular formula is C18H32N4O8. The smallest absolute Gasteiger partial charge is 0.326 e. The molecule has 0 heterocycles. The number of carbonyl (C=O) groups is 5. The zero-order chi connectivity index (χ0) is 23.6.